The molecule has 2 N–H and O–H groups in total. The summed E-state index contributed by atoms with van der Waals surface area (Å²) in [6.07, 6.45) is 2.35. The lowest BCUT2D eigenvalue weighted by atomic mass is 9.94. The fourth-order valence-corrected chi connectivity index (χ4v) is 3.30. The molecule has 1 fully saturated rings. The van der Waals surface area contributed by atoms with Gasteiger partial charge in [-0.15, -0.1) is 0 Å². The number of nitrogens with zero attached hydrogens (tertiary/aromatic N) is 1. The standard InChI is InChI=1S/C18H28N2O/c1-13(2)11-15-9-10-20(12-15)18(21)14(3)17(19)16-7-5-4-6-8-16/h4-8,13-15,17H,9-12,19H2,1-3H3. The van der Waals surface area contributed by atoms with Crippen molar-refractivity contribution in [1.29, 1.82) is 0 Å². The lowest BCUT2D eigenvalue weighted by molar-refractivity contribution is -0.134. The van der Waals surface area contributed by atoms with Crippen LogP contribution in [0.15, 0.2) is 30.3 Å². The van der Waals surface area contributed by atoms with Gasteiger partial charge in [-0.25, -0.2) is 0 Å². The highest BCUT2D eigenvalue weighted by atomic mass is 16.2. The molecule has 0 spiro atoms. The van der Waals surface area contributed by atoms with Crippen LogP contribution in [0.2, 0.25) is 0 Å². The van der Waals surface area contributed by atoms with Crippen LogP contribution in [0.25, 0.3) is 0 Å². The van der Waals surface area contributed by atoms with Crippen molar-refractivity contribution in [3.63, 3.8) is 0 Å². The molecule has 0 bridgehead atoms. The van der Waals surface area contributed by atoms with E-state index in [-0.39, 0.29) is 17.9 Å². The molecule has 0 radical (unpaired) electrons. The normalized spacial score (nSPS) is 21.6. The Morgan fingerprint density at radius 1 is 1.29 bits per heavy atom. The molecule has 0 aliphatic carbocycles. The van der Waals surface area contributed by atoms with Crippen LogP contribution in [0.1, 0.15) is 45.2 Å². The molecule has 3 atom stereocenters. The molecule has 1 aromatic carbocycles. The van der Waals surface area contributed by atoms with Crippen LogP contribution < -0.4 is 5.73 Å². The van der Waals surface area contributed by atoms with Gasteiger partial charge in [-0.2, -0.15) is 0 Å². The SMILES string of the molecule is CC(C)CC1CCN(C(=O)C(C)C(N)c2ccccc2)C1. The van der Waals surface area contributed by atoms with Gasteiger partial charge in [0.25, 0.3) is 0 Å². The molecular weight excluding hydrogens is 260 g/mol. The van der Waals surface area contributed by atoms with Crippen molar-refractivity contribution in [1.82, 2.24) is 4.90 Å². The summed E-state index contributed by atoms with van der Waals surface area (Å²) in [4.78, 5) is 14.7. The fourth-order valence-electron chi connectivity index (χ4n) is 3.30. The molecule has 1 heterocycles. The summed E-state index contributed by atoms with van der Waals surface area (Å²) in [7, 11) is 0. The third-order valence-corrected chi connectivity index (χ3v) is 4.51. The van der Waals surface area contributed by atoms with Crippen molar-refractivity contribution in [3.05, 3.63) is 35.9 Å². The third kappa shape index (κ3) is 4.07. The molecule has 1 saturated heterocycles. The molecule has 1 aromatic rings. The Morgan fingerprint density at radius 3 is 2.57 bits per heavy atom. The maximum Gasteiger partial charge on any atom is 0.227 e. The van der Waals surface area contributed by atoms with Crippen LogP contribution in [0.4, 0.5) is 0 Å². The highest BCUT2D eigenvalue weighted by molar-refractivity contribution is 5.79. The zero-order valence-corrected chi connectivity index (χ0v) is 13.5. The van der Waals surface area contributed by atoms with Gasteiger partial charge in [0.15, 0.2) is 0 Å². The molecule has 1 aliphatic heterocycles. The zero-order chi connectivity index (χ0) is 15.4. The van der Waals surface area contributed by atoms with Gasteiger partial charge >= 0.3 is 0 Å². The first-order valence-corrected chi connectivity index (χ1v) is 8.08. The Labute approximate surface area is 128 Å². The van der Waals surface area contributed by atoms with E-state index in [0.29, 0.717) is 11.8 Å². The monoisotopic (exact) mass is 288 g/mol. The highest BCUT2D eigenvalue weighted by Gasteiger charge is 2.31. The van der Waals surface area contributed by atoms with Crippen LogP contribution in [-0.4, -0.2) is 23.9 Å². The number of hydrogen-bond donors (Lipinski definition) is 1. The van der Waals surface area contributed by atoms with Gasteiger partial charge in [0.2, 0.25) is 5.91 Å². The van der Waals surface area contributed by atoms with Crippen molar-refractivity contribution in [2.24, 2.45) is 23.5 Å². The van der Waals surface area contributed by atoms with Gasteiger partial charge < -0.3 is 10.6 Å². The van der Waals surface area contributed by atoms with Crippen molar-refractivity contribution < 1.29 is 4.79 Å². The topological polar surface area (TPSA) is 46.3 Å². The minimum absolute atomic E-state index is 0.162. The zero-order valence-electron chi connectivity index (χ0n) is 13.5. The summed E-state index contributed by atoms with van der Waals surface area (Å²) in [5.41, 5.74) is 7.31. The number of likely N-dealkylation sites (tertiary alicyclic amines) is 1. The Bertz CT molecular complexity index is 458. The average molecular weight is 288 g/mol. The quantitative estimate of drug-likeness (QED) is 0.904. The lowest BCUT2D eigenvalue weighted by Gasteiger charge is -2.25. The number of rotatable bonds is 5. The number of nitrogens with two attached hydrogens (primary N) is 1. The van der Waals surface area contributed by atoms with Crippen LogP contribution in [-0.2, 0) is 4.79 Å². The van der Waals surface area contributed by atoms with Gasteiger partial charge in [-0.3, -0.25) is 4.79 Å². The average Bonchev–Trinajstić information content (AvgIpc) is 2.93. The van der Waals surface area contributed by atoms with Crippen molar-refractivity contribution in [3.8, 4) is 0 Å². The molecule has 116 valence electrons. The molecule has 0 saturated carbocycles. The largest absolute Gasteiger partial charge is 0.342 e. The van der Waals surface area contributed by atoms with Crippen LogP contribution in [0, 0.1) is 17.8 Å². The third-order valence-electron chi connectivity index (χ3n) is 4.51. The fraction of sp³-hybridized carbons (Fsp3) is 0.611. The van der Waals surface area contributed by atoms with E-state index in [1.54, 1.807) is 0 Å². The highest BCUT2D eigenvalue weighted by Crippen LogP contribution is 2.27. The Balaban J connectivity index is 1.94. The van der Waals surface area contributed by atoms with Crippen LogP contribution in [0.3, 0.4) is 0 Å². The predicted octanol–water partition coefficient (Wildman–Crippen LogP) is 3.22. The molecule has 0 aromatic heterocycles. The van der Waals surface area contributed by atoms with Crippen molar-refractivity contribution >= 4 is 5.91 Å². The molecular formula is C18H28N2O. The number of carbonyl (C=O) groups is 1. The van der Waals surface area contributed by atoms with Crippen molar-refractivity contribution in [2.45, 2.75) is 39.7 Å². The van der Waals surface area contributed by atoms with E-state index in [9.17, 15) is 4.79 Å². The van der Waals surface area contributed by atoms with Gasteiger partial charge in [0, 0.05) is 19.1 Å². The first-order valence-electron chi connectivity index (χ1n) is 8.08. The Hall–Kier alpha value is -1.35. The Morgan fingerprint density at radius 2 is 1.95 bits per heavy atom. The summed E-state index contributed by atoms with van der Waals surface area (Å²) in [6.45, 7) is 8.25. The molecule has 3 heteroatoms. The summed E-state index contributed by atoms with van der Waals surface area (Å²) >= 11 is 0. The van der Waals surface area contributed by atoms with Crippen LogP contribution in [0.5, 0.6) is 0 Å². The minimum atomic E-state index is -0.220. The first kappa shape index (κ1) is 16.0. The predicted molar refractivity (Wildman–Crippen MR) is 86.7 cm³/mol. The molecule has 21 heavy (non-hydrogen) atoms. The van der Waals surface area contributed by atoms with Gasteiger partial charge in [-0.1, -0.05) is 51.1 Å². The van der Waals surface area contributed by atoms with E-state index < -0.39 is 0 Å². The smallest absolute Gasteiger partial charge is 0.227 e. The van der Waals surface area contributed by atoms with Crippen LogP contribution >= 0.6 is 0 Å². The number of carbonyl (C=O) groups excluding carboxylic acids is 1. The van der Waals surface area contributed by atoms with Gasteiger partial charge in [0.1, 0.15) is 0 Å². The molecule has 1 aliphatic rings. The summed E-state index contributed by atoms with van der Waals surface area (Å²) in [5, 5.41) is 0. The Kier molecular flexibility index (Phi) is 5.40. The van der Waals surface area contributed by atoms with E-state index >= 15 is 0 Å². The molecule has 3 unspecified atom stereocenters. The number of amides is 1. The van der Waals surface area contributed by atoms with E-state index in [2.05, 4.69) is 13.8 Å². The number of hydrogen-bond acceptors (Lipinski definition) is 2. The van der Waals surface area contributed by atoms with Gasteiger partial charge in [-0.05, 0) is 30.2 Å². The first-order chi connectivity index (χ1) is 9.99. The lowest BCUT2D eigenvalue weighted by Crippen LogP contribution is -2.38. The van der Waals surface area contributed by atoms with E-state index in [1.165, 1.54) is 6.42 Å². The summed E-state index contributed by atoms with van der Waals surface area (Å²) in [6, 6.07) is 9.70. The maximum atomic E-state index is 12.6. The summed E-state index contributed by atoms with van der Waals surface area (Å²) < 4.78 is 0. The van der Waals surface area contributed by atoms with E-state index in [0.717, 1.165) is 25.1 Å². The number of benzene rings is 1. The second kappa shape index (κ2) is 7.08. The maximum absolute atomic E-state index is 12.6. The van der Waals surface area contributed by atoms with E-state index in [4.69, 9.17) is 5.73 Å². The molecule has 1 amide bonds. The summed E-state index contributed by atoms with van der Waals surface area (Å²) in [5.74, 6) is 1.41. The van der Waals surface area contributed by atoms with E-state index in [1.807, 2.05) is 42.2 Å². The second-order valence-electron chi connectivity index (χ2n) is 6.79. The molecule has 3 nitrogen and oxygen atoms in total. The molecule has 2 rings (SSSR count). The second-order valence-corrected chi connectivity index (χ2v) is 6.79. The minimum Gasteiger partial charge on any atom is -0.342 e. The van der Waals surface area contributed by atoms with Gasteiger partial charge in [0.05, 0.1) is 5.92 Å². The van der Waals surface area contributed by atoms with Crippen molar-refractivity contribution in [2.75, 3.05) is 13.1 Å².